The van der Waals surface area contributed by atoms with Gasteiger partial charge in [0.2, 0.25) is 10.0 Å². The van der Waals surface area contributed by atoms with Crippen LogP contribution in [0.4, 0.5) is 0 Å². The molecule has 102 valence electrons. The summed E-state index contributed by atoms with van der Waals surface area (Å²) in [6, 6.07) is 0. The lowest BCUT2D eigenvalue weighted by Crippen LogP contribution is -2.37. The van der Waals surface area contributed by atoms with Crippen molar-refractivity contribution in [3.8, 4) is 0 Å². The Labute approximate surface area is 101 Å². The van der Waals surface area contributed by atoms with Crippen LogP contribution in [0.5, 0.6) is 0 Å². The van der Waals surface area contributed by atoms with Gasteiger partial charge in [-0.05, 0) is 6.42 Å². The Morgan fingerprint density at radius 2 is 2.06 bits per heavy atom. The van der Waals surface area contributed by atoms with E-state index in [4.69, 9.17) is 5.11 Å². The molecular formula is C9H19NO6S. The standard InChI is InChI=1S/C9H19NO6S/c1-10(6-8(11)7-16-2)17(14,15)5-3-4-9(12)13/h8,11H,3-7H2,1-2H3,(H,12,13). The first-order valence-corrected chi connectivity index (χ1v) is 6.73. The minimum atomic E-state index is -3.51. The molecule has 0 saturated carbocycles. The largest absolute Gasteiger partial charge is 0.481 e. The molecule has 0 aliphatic heterocycles. The average Bonchev–Trinajstić information content (AvgIpc) is 2.16. The number of rotatable bonds is 9. The van der Waals surface area contributed by atoms with E-state index in [1.165, 1.54) is 14.2 Å². The Hall–Kier alpha value is -0.700. The number of carboxylic acids is 1. The quantitative estimate of drug-likeness (QED) is 0.563. The third-order valence-corrected chi connectivity index (χ3v) is 4.00. The van der Waals surface area contributed by atoms with Crippen molar-refractivity contribution in [1.29, 1.82) is 0 Å². The summed E-state index contributed by atoms with van der Waals surface area (Å²) in [6.45, 7) is -0.0156. The van der Waals surface area contributed by atoms with E-state index in [1.807, 2.05) is 0 Å². The van der Waals surface area contributed by atoms with Crippen LogP contribution in [0.15, 0.2) is 0 Å². The zero-order chi connectivity index (χ0) is 13.5. The maximum absolute atomic E-state index is 11.6. The van der Waals surface area contributed by atoms with Crippen molar-refractivity contribution in [3.63, 3.8) is 0 Å². The van der Waals surface area contributed by atoms with Gasteiger partial charge >= 0.3 is 5.97 Å². The second-order valence-corrected chi connectivity index (χ2v) is 5.90. The van der Waals surface area contributed by atoms with Crippen LogP contribution in [0.2, 0.25) is 0 Å². The number of aliphatic carboxylic acids is 1. The highest BCUT2D eigenvalue weighted by molar-refractivity contribution is 7.89. The number of aliphatic hydroxyl groups excluding tert-OH is 1. The molecule has 0 aromatic heterocycles. The highest BCUT2D eigenvalue weighted by Crippen LogP contribution is 2.04. The third-order valence-electron chi connectivity index (χ3n) is 2.09. The molecule has 1 unspecified atom stereocenters. The van der Waals surface area contributed by atoms with Crippen LogP contribution in [0.3, 0.4) is 0 Å². The predicted octanol–water partition coefficient (Wildman–Crippen LogP) is -0.880. The molecule has 0 aromatic carbocycles. The molecule has 8 heteroatoms. The SMILES string of the molecule is COCC(O)CN(C)S(=O)(=O)CCCC(=O)O. The number of carboxylic acid groups (broad SMARTS) is 1. The smallest absolute Gasteiger partial charge is 0.303 e. The summed E-state index contributed by atoms with van der Waals surface area (Å²) in [5.41, 5.74) is 0. The Kier molecular flexibility index (Phi) is 7.28. The van der Waals surface area contributed by atoms with E-state index >= 15 is 0 Å². The monoisotopic (exact) mass is 269 g/mol. The summed E-state index contributed by atoms with van der Waals surface area (Å²) < 4.78 is 29.0. The third kappa shape index (κ3) is 7.27. The molecule has 0 aliphatic rings. The Morgan fingerprint density at radius 3 is 2.53 bits per heavy atom. The average molecular weight is 269 g/mol. The zero-order valence-corrected chi connectivity index (χ0v) is 10.8. The lowest BCUT2D eigenvalue weighted by Gasteiger charge is -2.19. The van der Waals surface area contributed by atoms with Crippen molar-refractivity contribution in [1.82, 2.24) is 4.31 Å². The second kappa shape index (κ2) is 7.59. The van der Waals surface area contributed by atoms with Crippen molar-refractivity contribution in [2.45, 2.75) is 18.9 Å². The Morgan fingerprint density at radius 1 is 1.47 bits per heavy atom. The molecule has 17 heavy (non-hydrogen) atoms. The first kappa shape index (κ1) is 16.3. The summed E-state index contributed by atoms with van der Waals surface area (Å²) in [6.07, 6.45) is -1.02. The second-order valence-electron chi connectivity index (χ2n) is 3.70. The van der Waals surface area contributed by atoms with Gasteiger partial charge in [0.15, 0.2) is 0 Å². The van der Waals surface area contributed by atoms with Crippen LogP contribution in [-0.4, -0.2) is 68.1 Å². The van der Waals surface area contributed by atoms with Gasteiger partial charge in [-0.1, -0.05) is 0 Å². The minimum Gasteiger partial charge on any atom is -0.481 e. The topological polar surface area (TPSA) is 104 Å². The lowest BCUT2D eigenvalue weighted by atomic mass is 10.3. The fraction of sp³-hybridized carbons (Fsp3) is 0.889. The van der Waals surface area contributed by atoms with Gasteiger partial charge in [0.1, 0.15) is 0 Å². The normalized spacial score (nSPS) is 13.9. The van der Waals surface area contributed by atoms with E-state index in [9.17, 15) is 18.3 Å². The van der Waals surface area contributed by atoms with Crippen LogP contribution in [0.25, 0.3) is 0 Å². The molecule has 0 aliphatic carbocycles. The van der Waals surface area contributed by atoms with Gasteiger partial charge < -0.3 is 14.9 Å². The predicted molar refractivity (Wildman–Crippen MR) is 61.2 cm³/mol. The lowest BCUT2D eigenvalue weighted by molar-refractivity contribution is -0.137. The van der Waals surface area contributed by atoms with E-state index in [-0.39, 0.29) is 31.7 Å². The molecule has 7 nitrogen and oxygen atoms in total. The maximum atomic E-state index is 11.6. The van der Waals surface area contributed by atoms with Crippen LogP contribution < -0.4 is 0 Å². The van der Waals surface area contributed by atoms with Crippen molar-refractivity contribution in [3.05, 3.63) is 0 Å². The van der Waals surface area contributed by atoms with Crippen LogP contribution in [0.1, 0.15) is 12.8 Å². The van der Waals surface area contributed by atoms with Gasteiger partial charge in [-0.2, -0.15) is 0 Å². The zero-order valence-electron chi connectivity index (χ0n) is 10.00. The first-order chi connectivity index (χ1) is 7.79. The van der Waals surface area contributed by atoms with E-state index in [2.05, 4.69) is 4.74 Å². The molecule has 0 fully saturated rings. The first-order valence-electron chi connectivity index (χ1n) is 5.12. The number of nitrogens with zero attached hydrogens (tertiary/aromatic N) is 1. The molecule has 0 heterocycles. The van der Waals surface area contributed by atoms with Gasteiger partial charge in [-0.25, -0.2) is 12.7 Å². The van der Waals surface area contributed by atoms with Gasteiger partial charge in [0, 0.05) is 27.1 Å². The number of aliphatic hydroxyl groups is 1. The molecule has 1 atom stereocenters. The molecular weight excluding hydrogens is 250 g/mol. The summed E-state index contributed by atoms with van der Waals surface area (Å²) in [4.78, 5) is 10.3. The highest BCUT2D eigenvalue weighted by Gasteiger charge is 2.20. The molecule has 0 rings (SSSR count). The van der Waals surface area contributed by atoms with Crippen molar-refractivity contribution in [2.75, 3.05) is 33.1 Å². The van der Waals surface area contributed by atoms with Crippen molar-refractivity contribution < 1.29 is 28.2 Å². The molecule has 0 spiro atoms. The number of sulfonamides is 1. The molecule has 2 N–H and O–H groups in total. The van der Waals surface area contributed by atoms with Crippen molar-refractivity contribution >= 4 is 16.0 Å². The molecule has 0 radical (unpaired) electrons. The fourth-order valence-electron chi connectivity index (χ4n) is 1.22. The van der Waals surface area contributed by atoms with E-state index in [0.29, 0.717) is 0 Å². The summed E-state index contributed by atoms with van der Waals surface area (Å²) in [7, 11) is -0.765. The van der Waals surface area contributed by atoms with Gasteiger partial charge in [-0.3, -0.25) is 4.79 Å². The molecule has 0 amide bonds. The van der Waals surface area contributed by atoms with Crippen LogP contribution in [-0.2, 0) is 19.6 Å². The van der Waals surface area contributed by atoms with E-state index in [0.717, 1.165) is 4.31 Å². The summed E-state index contributed by atoms with van der Waals surface area (Å²) in [5, 5.41) is 17.8. The number of hydrogen-bond acceptors (Lipinski definition) is 5. The number of methoxy groups -OCH3 is 1. The van der Waals surface area contributed by atoms with E-state index in [1.54, 1.807) is 0 Å². The fourth-order valence-corrected chi connectivity index (χ4v) is 2.44. The number of ether oxygens (including phenoxy) is 1. The van der Waals surface area contributed by atoms with E-state index < -0.39 is 22.1 Å². The summed E-state index contributed by atoms with van der Waals surface area (Å²) in [5.74, 6) is -1.27. The molecule has 0 aromatic rings. The Bertz CT molecular complexity index is 328. The van der Waals surface area contributed by atoms with Gasteiger partial charge in [0.25, 0.3) is 0 Å². The van der Waals surface area contributed by atoms with Gasteiger partial charge in [0.05, 0.1) is 18.5 Å². The van der Waals surface area contributed by atoms with Crippen molar-refractivity contribution in [2.24, 2.45) is 0 Å². The number of likely N-dealkylation sites (N-methyl/N-ethyl adjacent to an activating group) is 1. The molecule has 0 saturated heterocycles. The number of hydrogen-bond donors (Lipinski definition) is 2. The number of carbonyl (C=O) groups is 1. The van der Waals surface area contributed by atoms with Gasteiger partial charge in [-0.15, -0.1) is 0 Å². The highest BCUT2D eigenvalue weighted by atomic mass is 32.2. The summed E-state index contributed by atoms with van der Waals surface area (Å²) >= 11 is 0. The van der Waals surface area contributed by atoms with Crippen LogP contribution in [0, 0.1) is 0 Å². The maximum Gasteiger partial charge on any atom is 0.303 e. The minimum absolute atomic E-state index is 0.0506. The molecule has 0 bridgehead atoms. The Balaban J connectivity index is 4.15. The van der Waals surface area contributed by atoms with Crippen LogP contribution >= 0.6 is 0 Å².